The van der Waals surface area contributed by atoms with Gasteiger partial charge in [-0.25, -0.2) is 0 Å². The van der Waals surface area contributed by atoms with Crippen molar-refractivity contribution in [3.05, 3.63) is 72.1 Å². The topological polar surface area (TPSA) is 38.3 Å². The van der Waals surface area contributed by atoms with Gasteiger partial charge in [-0.15, -0.1) is 0 Å². The first-order chi connectivity index (χ1) is 9.34. The number of amides is 1. The Kier molecular flexibility index (Phi) is 5.07. The summed E-state index contributed by atoms with van der Waals surface area (Å²) in [6.45, 7) is 0. The zero-order valence-corrected chi connectivity index (χ0v) is 11.0. The number of hydroxylamine groups is 1. The molecule has 0 fully saturated rings. The number of carbonyl (C=O) groups is 1. The van der Waals surface area contributed by atoms with Gasteiger partial charge in [0.2, 0.25) is 0 Å². The summed E-state index contributed by atoms with van der Waals surface area (Å²) in [6.07, 6.45) is 1.43. The summed E-state index contributed by atoms with van der Waals surface area (Å²) >= 11 is 1.47. The van der Waals surface area contributed by atoms with Gasteiger partial charge in [-0.3, -0.25) is 4.79 Å². The highest BCUT2D eigenvalue weighted by Gasteiger charge is 1.96. The van der Waals surface area contributed by atoms with Crippen molar-refractivity contribution in [2.24, 2.45) is 0 Å². The molecule has 0 saturated carbocycles. The highest BCUT2D eigenvalue weighted by Crippen LogP contribution is 2.17. The average Bonchev–Trinajstić information content (AvgIpc) is 2.47. The van der Waals surface area contributed by atoms with E-state index in [0.29, 0.717) is 5.75 Å². The summed E-state index contributed by atoms with van der Waals surface area (Å²) in [5.41, 5.74) is 2.35. The summed E-state index contributed by atoms with van der Waals surface area (Å²) in [5, 5.41) is 1.72. The molecule has 2 aromatic rings. The first-order valence-corrected chi connectivity index (χ1v) is 6.63. The molecule has 0 aromatic heterocycles. The van der Waals surface area contributed by atoms with Gasteiger partial charge in [0.25, 0.3) is 5.91 Å². The lowest BCUT2D eigenvalue weighted by molar-refractivity contribution is -0.122. The summed E-state index contributed by atoms with van der Waals surface area (Å²) in [5.74, 6) is 0.298. The number of hydrogen-bond acceptors (Lipinski definition) is 3. The van der Waals surface area contributed by atoms with Gasteiger partial charge in [0.05, 0.1) is 0 Å². The number of rotatable bonds is 5. The molecular formula is C15H13NO2S. The zero-order chi connectivity index (χ0) is 13.3. The second kappa shape index (κ2) is 7.28. The molecule has 1 N–H and O–H groups in total. The van der Waals surface area contributed by atoms with E-state index in [2.05, 4.69) is 5.48 Å². The molecule has 0 radical (unpaired) electrons. The number of nitrogens with one attached hydrogen (secondary N) is 1. The summed E-state index contributed by atoms with van der Waals surface area (Å²) in [7, 11) is 0. The number of carbonyl (C=O) groups excluding carboxylic acids is 1. The molecule has 96 valence electrons. The summed E-state index contributed by atoms with van der Waals surface area (Å²) < 4.78 is 0. The van der Waals surface area contributed by atoms with Crippen molar-refractivity contribution in [2.45, 2.75) is 4.90 Å². The van der Waals surface area contributed by atoms with E-state index in [9.17, 15) is 4.79 Å². The first-order valence-electron chi connectivity index (χ1n) is 5.75. The fourth-order valence-corrected chi connectivity index (χ4v) is 1.97. The molecule has 2 aromatic carbocycles. The zero-order valence-electron chi connectivity index (χ0n) is 10.2. The monoisotopic (exact) mass is 271 g/mol. The van der Waals surface area contributed by atoms with E-state index in [1.54, 1.807) is 17.5 Å². The van der Waals surface area contributed by atoms with Crippen molar-refractivity contribution in [1.82, 2.24) is 5.48 Å². The molecule has 4 heteroatoms. The largest absolute Gasteiger partial charge is 0.379 e. The molecule has 2 rings (SSSR count). The van der Waals surface area contributed by atoms with Gasteiger partial charge in [-0.1, -0.05) is 48.2 Å². The van der Waals surface area contributed by atoms with Crippen molar-refractivity contribution < 1.29 is 9.63 Å². The summed E-state index contributed by atoms with van der Waals surface area (Å²) in [6, 6.07) is 18.9. The van der Waals surface area contributed by atoms with Crippen LogP contribution in [0.2, 0.25) is 0 Å². The number of benzene rings is 2. The molecule has 0 aliphatic rings. The minimum absolute atomic E-state index is 0.299. The highest BCUT2D eigenvalue weighted by atomic mass is 32.2. The van der Waals surface area contributed by atoms with E-state index < -0.39 is 0 Å². The predicted molar refractivity (Wildman–Crippen MR) is 76.7 cm³/mol. The Bertz CT molecular complexity index is 541. The minimum atomic E-state index is -0.299. The normalized spacial score (nSPS) is 10.3. The molecule has 3 nitrogen and oxygen atoms in total. The fraction of sp³-hybridized carbons (Fsp3) is 0. The van der Waals surface area contributed by atoms with Crippen LogP contribution in [0.1, 0.15) is 0 Å². The van der Waals surface area contributed by atoms with Crippen molar-refractivity contribution in [3.8, 4) is 5.75 Å². The Morgan fingerprint density at radius 2 is 1.63 bits per heavy atom. The molecule has 0 spiro atoms. The molecule has 0 unspecified atom stereocenters. The molecule has 0 bridgehead atoms. The molecule has 0 saturated heterocycles. The van der Waals surface area contributed by atoms with Crippen LogP contribution in [0.15, 0.2) is 77.0 Å². The molecule has 0 aliphatic heterocycles. The molecular weight excluding hydrogens is 258 g/mol. The second-order valence-electron chi connectivity index (χ2n) is 3.62. The Labute approximate surface area is 116 Å². The average molecular weight is 271 g/mol. The maximum Gasteiger partial charge on any atom is 0.277 e. The van der Waals surface area contributed by atoms with Crippen LogP contribution in [0.3, 0.4) is 0 Å². The number of hydrogen-bond donors (Lipinski definition) is 1. The minimum Gasteiger partial charge on any atom is -0.379 e. The second-order valence-corrected chi connectivity index (χ2v) is 4.59. The Morgan fingerprint density at radius 3 is 2.32 bits per heavy atom. The van der Waals surface area contributed by atoms with Gasteiger partial charge in [-0.2, -0.15) is 5.48 Å². The van der Waals surface area contributed by atoms with E-state index in [-0.39, 0.29) is 5.91 Å². The van der Waals surface area contributed by atoms with Crippen LogP contribution in [0.25, 0.3) is 0 Å². The Hall–Kier alpha value is -2.20. The van der Waals surface area contributed by atoms with Crippen LogP contribution in [0.5, 0.6) is 5.75 Å². The molecule has 0 atom stereocenters. The maximum atomic E-state index is 11.5. The lowest BCUT2D eigenvalue weighted by atomic mass is 10.3. The van der Waals surface area contributed by atoms with Crippen LogP contribution in [-0.2, 0) is 4.79 Å². The van der Waals surface area contributed by atoms with Crippen LogP contribution < -0.4 is 10.3 Å². The predicted octanol–water partition coefficient (Wildman–Crippen LogP) is 3.40. The van der Waals surface area contributed by atoms with Crippen molar-refractivity contribution in [3.63, 3.8) is 0 Å². The molecule has 0 heterocycles. The smallest absolute Gasteiger partial charge is 0.277 e. The Balaban J connectivity index is 1.75. The highest BCUT2D eigenvalue weighted by molar-refractivity contribution is 8.02. The van der Waals surface area contributed by atoms with E-state index in [0.717, 1.165) is 4.90 Å². The number of thioether (sulfide) groups is 1. The van der Waals surface area contributed by atoms with Gasteiger partial charge < -0.3 is 4.84 Å². The Morgan fingerprint density at radius 1 is 1.00 bits per heavy atom. The third-order valence-corrected chi connectivity index (χ3v) is 3.00. The van der Waals surface area contributed by atoms with Crippen molar-refractivity contribution in [1.29, 1.82) is 0 Å². The summed E-state index contributed by atoms with van der Waals surface area (Å²) in [4.78, 5) is 17.7. The molecule has 0 aliphatic carbocycles. The third-order valence-electron chi connectivity index (χ3n) is 2.18. The van der Waals surface area contributed by atoms with Crippen molar-refractivity contribution >= 4 is 17.7 Å². The van der Waals surface area contributed by atoms with Gasteiger partial charge >= 0.3 is 0 Å². The SMILES string of the molecule is O=C(C=CSc1ccccc1)NOc1ccccc1. The standard InChI is InChI=1S/C15H13NO2S/c17-15(16-18-13-7-3-1-4-8-13)11-12-19-14-9-5-2-6-10-14/h1-12H,(H,16,17). The van der Waals surface area contributed by atoms with E-state index in [1.807, 2.05) is 48.5 Å². The van der Waals surface area contributed by atoms with Gasteiger partial charge in [0.1, 0.15) is 0 Å². The van der Waals surface area contributed by atoms with Crippen molar-refractivity contribution in [2.75, 3.05) is 0 Å². The lowest BCUT2D eigenvalue weighted by Crippen LogP contribution is -2.24. The van der Waals surface area contributed by atoms with E-state index >= 15 is 0 Å². The van der Waals surface area contributed by atoms with E-state index in [4.69, 9.17) is 4.84 Å². The molecule has 19 heavy (non-hydrogen) atoms. The molecule has 1 amide bonds. The first kappa shape index (κ1) is 13.2. The maximum absolute atomic E-state index is 11.5. The van der Waals surface area contributed by atoms with Crippen LogP contribution in [-0.4, -0.2) is 5.91 Å². The number of para-hydroxylation sites is 1. The van der Waals surface area contributed by atoms with E-state index in [1.165, 1.54) is 17.8 Å². The fourth-order valence-electron chi connectivity index (χ4n) is 1.31. The van der Waals surface area contributed by atoms with Gasteiger partial charge in [0, 0.05) is 11.0 Å². The van der Waals surface area contributed by atoms with Gasteiger partial charge in [0.15, 0.2) is 5.75 Å². The van der Waals surface area contributed by atoms with Gasteiger partial charge in [-0.05, 0) is 29.7 Å². The van der Waals surface area contributed by atoms with Crippen LogP contribution >= 0.6 is 11.8 Å². The van der Waals surface area contributed by atoms with Crippen LogP contribution in [0, 0.1) is 0 Å². The lowest BCUT2D eigenvalue weighted by Gasteiger charge is -2.03. The van der Waals surface area contributed by atoms with Crippen LogP contribution in [0.4, 0.5) is 0 Å². The third kappa shape index (κ3) is 4.89. The quantitative estimate of drug-likeness (QED) is 0.514.